The monoisotopic (exact) mass is 282 g/mol. The van der Waals surface area contributed by atoms with Crippen LogP contribution in [0.15, 0.2) is 65.8 Å². The number of hydrazone groups is 1. The van der Waals surface area contributed by atoms with Gasteiger partial charge in [0.25, 0.3) is 0 Å². The van der Waals surface area contributed by atoms with E-state index in [4.69, 9.17) is 4.74 Å². The smallest absolute Gasteiger partial charge is 0.428 e. The highest BCUT2D eigenvalue weighted by atomic mass is 16.6. The zero-order chi connectivity index (χ0) is 15.1. The van der Waals surface area contributed by atoms with Crippen LogP contribution in [0, 0.1) is 0 Å². The average molecular weight is 282 g/mol. The molecule has 0 spiro atoms. The summed E-state index contributed by atoms with van der Waals surface area (Å²) in [4.78, 5) is 11.6. The SMILES string of the molecule is CC(C)OC(=O)NN=C(c1ccccc1)c1ccccc1. The summed E-state index contributed by atoms with van der Waals surface area (Å²) in [6, 6.07) is 19.4. The molecule has 1 N–H and O–H groups in total. The summed E-state index contributed by atoms with van der Waals surface area (Å²) in [5.41, 5.74) is 4.98. The van der Waals surface area contributed by atoms with Crippen molar-refractivity contribution in [3.63, 3.8) is 0 Å². The van der Waals surface area contributed by atoms with Crippen LogP contribution in [0.4, 0.5) is 4.79 Å². The number of nitrogens with zero attached hydrogens (tertiary/aromatic N) is 1. The van der Waals surface area contributed by atoms with Gasteiger partial charge in [0.1, 0.15) is 0 Å². The fourth-order valence-electron chi connectivity index (χ4n) is 1.83. The van der Waals surface area contributed by atoms with Gasteiger partial charge in [-0.05, 0) is 13.8 Å². The Bertz CT molecular complexity index is 566. The molecule has 2 aromatic carbocycles. The lowest BCUT2D eigenvalue weighted by Crippen LogP contribution is -2.24. The van der Waals surface area contributed by atoms with Gasteiger partial charge in [0.2, 0.25) is 0 Å². The maximum Gasteiger partial charge on any atom is 0.428 e. The summed E-state index contributed by atoms with van der Waals surface area (Å²) in [7, 11) is 0. The Kier molecular flexibility index (Phi) is 5.10. The Labute approximate surface area is 124 Å². The van der Waals surface area contributed by atoms with Gasteiger partial charge in [-0.25, -0.2) is 10.2 Å². The van der Waals surface area contributed by atoms with Crippen molar-refractivity contribution in [1.29, 1.82) is 0 Å². The maximum absolute atomic E-state index is 11.6. The number of ether oxygens (including phenoxy) is 1. The maximum atomic E-state index is 11.6. The van der Waals surface area contributed by atoms with Crippen molar-refractivity contribution in [1.82, 2.24) is 5.43 Å². The molecule has 0 saturated heterocycles. The van der Waals surface area contributed by atoms with Crippen molar-refractivity contribution in [2.75, 3.05) is 0 Å². The van der Waals surface area contributed by atoms with Crippen LogP contribution < -0.4 is 5.43 Å². The second-order valence-electron chi connectivity index (χ2n) is 4.76. The molecule has 2 rings (SSSR count). The van der Waals surface area contributed by atoms with E-state index in [2.05, 4.69) is 10.5 Å². The number of hydrogen-bond acceptors (Lipinski definition) is 3. The zero-order valence-corrected chi connectivity index (χ0v) is 12.1. The van der Waals surface area contributed by atoms with E-state index in [1.54, 1.807) is 13.8 Å². The molecule has 0 saturated carbocycles. The van der Waals surface area contributed by atoms with E-state index in [-0.39, 0.29) is 6.10 Å². The van der Waals surface area contributed by atoms with E-state index in [1.807, 2.05) is 60.7 Å². The summed E-state index contributed by atoms with van der Waals surface area (Å²) in [6.45, 7) is 3.58. The second-order valence-corrected chi connectivity index (χ2v) is 4.76. The van der Waals surface area contributed by atoms with Gasteiger partial charge in [-0.1, -0.05) is 60.7 Å². The molecule has 0 heterocycles. The molecule has 108 valence electrons. The fourth-order valence-corrected chi connectivity index (χ4v) is 1.83. The Morgan fingerprint density at radius 3 is 1.86 bits per heavy atom. The molecular weight excluding hydrogens is 264 g/mol. The van der Waals surface area contributed by atoms with Gasteiger partial charge < -0.3 is 4.74 Å². The number of benzene rings is 2. The van der Waals surface area contributed by atoms with Crippen LogP contribution in [-0.2, 0) is 4.74 Å². The van der Waals surface area contributed by atoms with Crippen LogP contribution in [0.25, 0.3) is 0 Å². The minimum Gasteiger partial charge on any atom is -0.446 e. The molecule has 0 aliphatic rings. The minimum atomic E-state index is -0.561. The standard InChI is InChI=1S/C17H18N2O2/c1-13(2)21-17(20)19-18-16(14-9-5-3-6-10-14)15-11-7-4-8-12-15/h3-13H,1-2H3,(H,19,20). The first kappa shape index (κ1) is 14.8. The molecule has 4 heteroatoms. The summed E-state index contributed by atoms with van der Waals surface area (Å²) < 4.78 is 5.02. The number of amides is 1. The molecule has 0 bridgehead atoms. The van der Waals surface area contributed by atoms with Gasteiger partial charge in [-0.2, -0.15) is 5.10 Å². The summed E-state index contributed by atoms with van der Waals surface area (Å²) >= 11 is 0. The van der Waals surface area contributed by atoms with Gasteiger partial charge >= 0.3 is 6.09 Å². The molecule has 0 fully saturated rings. The molecule has 21 heavy (non-hydrogen) atoms. The van der Waals surface area contributed by atoms with E-state index in [0.717, 1.165) is 11.1 Å². The Balaban J connectivity index is 2.27. The van der Waals surface area contributed by atoms with Crippen molar-refractivity contribution in [3.05, 3.63) is 71.8 Å². The molecule has 0 atom stereocenters. The Morgan fingerprint density at radius 1 is 0.952 bits per heavy atom. The lowest BCUT2D eigenvalue weighted by molar-refractivity contribution is 0.116. The predicted molar refractivity (Wildman–Crippen MR) is 83.3 cm³/mol. The molecule has 0 unspecified atom stereocenters. The molecule has 0 aliphatic heterocycles. The topological polar surface area (TPSA) is 50.7 Å². The van der Waals surface area contributed by atoms with Crippen molar-refractivity contribution in [3.8, 4) is 0 Å². The van der Waals surface area contributed by atoms with Gasteiger partial charge in [-0.3, -0.25) is 0 Å². The van der Waals surface area contributed by atoms with Crippen LogP contribution in [0.1, 0.15) is 25.0 Å². The first-order chi connectivity index (χ1) is 10.2. The molecule has 0 aromatic heterocycles. The second kappa shape index (κ2) is 7.24. The minimum absolute atomic E-state index is 0.183. The van der Waals surface area contributed by atoms with E-state index < -0.39 is 6.09 Å². The molecule has 2 aromatic rings. The van der Waals surface area contributed by atoms with Crippen LogP contribution in [-0.4, -0.2) is 17.9 Å². The third kappa shape index (κ3) is 4.45. The van der Waals surface area contributed by atoms with E-state index in [0.29, 0.717) is 5.71 Å². The molecular formula is C17H18N2O2. The fraction of sp³-hybridized carbons (Fsp3) is 0.176. The molecule has 4 nitrogen and oxygen atoms in total. The van der Waals surface area contributed by atoms with E-state index >= 15 is 0 Å². The number of nitrogens with one attached hydrogen (secondary N) is 1. The van der Waals surface area contributed by atoms with Crippen molar-refractivity contribution in [2.45, 2.75) is 20.0 Å². The summed E-state index contributed by atoms with van der Waals surface area (Å²) in [5, 5.41) is 4.21. The van der Waals surface area contributed by atoms with Gasteiger partial charge in [-0.15, -0.1) is 0 Å². The third-order valence-corrected chi connectivity index (χ3v) is 2.70. The predicted octanol–water partition coefficient (Wildman–Crippen LogP) is 3.57. The first-order valence-corrected chi connectivity index (χ1v) is 6.82. The highest BCUT2D eigenvalue weighted by Crippen LogP contribution is 2.10. The largest absolute Gasteiger partial charge is 0.446 e. The Hall–Kier alpha value is -2.62. The summed E-state index contributed by atoms with van der Waals surface area (Å²) in [5.74, 6) is 0. The first-order valence-electron chi connectivity index (χ1n) is 6.82. The summed E-state index contributed by atoms with van der Waals surface area (Å²) in [6.07, 6.45) is -0.744. The van der Waals surface area contributed by atoms with Crippen molar-refractivity contribution < 1.29 is 9.53 Å². The van der Waals surface area contributed by atoms with Gasteiger partial charge in [0.15, 0.2) is 0 Å². The third-order valence-electron chi connectivity index (χ3n) is 2.70. The zero-order valence-electron chi connectivity index (χ0n) is 12.1. The lowest BCUT2D eigenvalue weighted by Gasteiger charge is -2.09. The highest BCUT2D eigenvalue weighted by Gasteiger charge is 2.08. The van der Waals surface area contributed by atoms with Gasteiger partial charge in [0, 0.05) is 11.1 Å². The molecule has 0 radical (unpaired) electrons. The van der Waals surface area contributed by atoms with E-state index in [1.165, 1.54) is 0 Å². The number of carbonyl (C=O) groups is 1. The van der Waals surface area contributed by atoms with Gasteiger partial charge in [0.05, 0.1) is 11.8 Å². The number of rotatable bonds is 4. The highest BCUT2D eigenvalue weighted by molar-refractivity contribution is 6.13. The van der Waals surface area contributed by atoms with Crippen molar-refractivity contribution >= 4 is 11.8 Å². The normalized spacial score (nSPS) is 10.0. The molecule has 1 amide bonds. The average Bonchev–Trinajstić information content (AvgIpc) is 2.49. The van der Waals surface area contributed by atoms with Crippen LogP contribution in [0.5, 0.6) is 0 Å². The van der Waals surface area contributed by atoms with E-state index in [9.17, 15) is 4.79 Å². The lowest BCUT2D eigenvalue weighted by atomic mass is 10.0. The Morgan fingerprint density at radius 2 is 1.43 bits per heavy atom. The van der Waals surface area contributed by atoms with Crippen LogP contribution in [0.3, 0.4) is 0 Å². The van der Waals surface area contributed by atoms with Crippen molar-refractivity contribution in [2.24, 2.45) is 5.10 Å². The number of carbonyl (C=O) groups excluding carboxylic acids is 1. The molecule has 0 aliphatic carbocycles. The quantitative estimate of drug-likeness (QED) is 0.688. The van der Waals surface area contributed by atoms with Crippen LogP contribution in [0.2, 0.25) is 0 Å². The van der Waals surface area contributed by atoms with Crippen LogP contribution >= 0.6 is 0 Å². The number of hydrogen-bond donors (Lipinski definition) is 1.